The average Bonchev–Trinajstić information content (AvgIpc) is 2.10. The molecule has 0 aliphatic heterocycles. The highest BCUT2D eigenvalue weighted by Gasteiger charge is 2.10. The molecule has 0 saturated carbocycles. The molecule has 0 spiro atoms. The zero-order chi connectivity index (χ0) is 9.84. The van der Waals surface area contributed by atoms with E-state index in [0.717, 1.165) is 0 Å². The molecule has 0 saturated heterocycles. The van der Waals surface area contributed by atoms with Gasteiger partial charge in [-0.1, -0.05) is 6.07 Å². The molecule has 4 heteroatoms. The third-order valence-electron chi connectivity index (χ3n) is 1.65. The average molecular weight is 180 g/mol. The van der Waals surface area contributed by atoms with Crippen LogP contribution in [-0.4, -0.2) is 17.6 Å². The SMILES string of the molecule is CCNC(=O)c1cccc(N)c1O. The van der Waals surface area contributed by atoms with Crippen LogP contribution in [0.4, 0.5) is 5.69 Å². The quantitative estimate of drug-likeness (QED) is 0.463. The Labute approximate surface area is 76.4 Å². The Hall–Kier alpha value is -1.71. The number of anilines is 1. The summed E-state index contributed by atoms with van der Waals surface area (Å²) in [7, 11) is 0. The predicted molar refractivity (Wildman–Crippen MR) is 50.5 cm³/mol. The number of carbonyl (C=O) groups is 1. The number of nitrogens with two attached hydrogens (primary N) is 1. The van der Waals surface area contributed by atoms with Crippen LogP contribution in [0.15, 0.2) is 18.2 Å². The zero-order valence-electron chi connectivity index (χ0n) is 7.37. The van der Waals surface area contributed by atoms with Crippen LogP contribution in [0.3, 0.4) is 0 Å². The van der Waals surface area contributed by atoms with Gasteiger partial charge in [0.2, 0.25) is 0 Å². The Morgan fingerprint density at radius 1 is 1.62 bits per heavy atom. The van der Waals surface area contributed by atoms with Crippen LogP contribution < -0.4 is 11.1 Å². The highest BCUT2D eigenvalue weighted by atomic mass is 16.3. The number of amides is 1. The van der Waals surface area contributed by atoms with Crippen molar-refractivity contribution < 1.29 is 9.90 Å². The van der Waals surface area contributed by atoms with Gasteiger partial charge < -0.3 is 16.2 Å². The number of phenolic OH excluding ortho intramolecular Hbond substituents is 1. The van der Waals surface area contributed by atoms with Crippen LogP contribution in [0.5, 0.6) is 5.75 Å². The van der Waals surface area contributed by atoms with Gasteiger partial charge >= 0.3 is 0 Å². The fourth-order valence-electron chi connectivity index (χ4n) is 1.00. The Morgan fingerprint density at radius 2 is 2.31 bits per heavy atom. The van der Waals surface area contributed by atoms with E-state index in [9.17, 15) is 9.90 Å². The molecule has 0 aliphatic carbocycles. The number of hydrogen-bond donors (Lipinski definition) is 3. The van der Waals surface area contributed by atoms with Crippen molar-refractivity contribution in [3.05, 3.63) is 23.8 Å². The number of phenols is 1. The van der Waals surface area contributed by atoms with Gasteiger partial charge in [0, 0.05) is 6.54 Å². The molecule has 13 heavy (non-hydrogen) atoms. The van der Waals surface area contributed by atoms with Gasteiger partial charge in [-0.15, -0.1) is 0 Å². The number of carbonyl (C=O) groups excluding carboxylic acids is 1. The van der Waals surface area contributed by atoms with Crippen LogP contribution in [-0.2, 0) is 0 Å². The van der Waals surface area contributed by atoms with Crippen LogP contribution >= 0.6 is 0 Å². The molecule has 0 unspecified atom stereocenters. The van der Waals surface area contributed by atoms with E-state index in [1.54, 1.807) is 13.0 Å². The van der Waals surface area contributed by atoms with Gasteiger partial charge in [0.05, 0.1) is 11.3 Å². The van der Waals surface area contributed by atoms with E-state index >= 15 is 0 Å². The van der Waals surface area contributed by atoms with Gasteiger partial charge in [-0.3, -0.25) is 4.79 Å². The minimum Gasteiger partial charge on any atom is -0.505 e. The van der Waals surface area contributed by atoms with Crippen LogP contribution in [0.1, 0.15) is 17.3 Å². The molecule has 0 radical (unpaired) electrons. The summed E-state index contributed by atoms with van der Waals surface area (Å²) in [5, 5.41) is 12.0. The molecule has 1 rings (SSSR count). The van der Waals surface area contributed by atoms with E-state index in [4.69, 9.17) is 5.73 Å². The Morgan fingerprint density at radius 3 is 2.92 bits per heavy atom. The number of rotatable bonds is 2. The molecule has 0 heterocycles. The molecule has 0 fully saturated rings. The summed E-state index contributed by atoms with van der Waals surface area (Å²) in [6, 6.07) is 4.69. The Kier molecular flexibility index (Phi) is 2.74. The molecule has 4 N–H and O–H groups in total. The largest absolute Gasteiger partial charge is 0.505 e. The summed E-state index contributed by atoms with van der Waals surface area (Å²) in [6.45, 7) is 2.33. The second-order valence-corrected chi connectivity index (χ2v) is 2.60. The lowest BCUT2D eigenvalue weighted by molar-refractivity contribution is 0.0953. The van der Waals surface area contributed by atoms with Crippen molar-refractivity contribution in [3.63, 3.8) is 0 Å². The summed E-state index contributed by atoms with van der Waals surface area (Å²) in [6.07, 6.45) is 0. The molecule has 0 aromatic heterocycles. The molecule has 0 atom stereocenters. The fraction of sp³-hybridized carbons (Fsp3) is 0.222. The maximum atomic E-state index is 11.3. The van der Waals surface area contributed by atoms with Crippen molar-refractivity contribution in [1.29, 1.82) is 0 Å². The lowest BCUT2D eigenvalue weighted by Gasteiger charge is -2.05. The van der Waals surface area contributed by atoms with E-state index in [1.807, 2.05) is 0 Å². The van der Waals surface area contributed by atoms with Crippen molar-refractivity contribution in [2.24, 2.45) is 0 Å². The summed E-state index contributed by atoms with van der Waals surface area (Å²) >= 11 is 0. The lowest BCUT2D eigenvalue weighted by Crippen LogP contribution is -2.22. The minimum atomic E-state index is -0.313. The number of benzene rings is 1. The number of hydrogen-bond acceptors (Lipinski definition) is 3. The summed E-state index contributed by atoms with van der Waals surface area (Å²) in [4.78, 5) is 11.3. The molecule has 1 aromatic carbocycles. The van der Waals surface area contributed by atoms with Gasteiger partial charge in [0.1, 0.15) is 0 Å². The summed E-state index contributed by atoms with van der Waals surface area (Å²) in [5.74, 6) is -0.472. The maximum Gasteiger partial charge on any atom is 0.255 e. The smallest absolute Gasteiger partial charge is 0.255 e. The molecule has 4 nitrogen and oxygen atoms in total. The number of nitrogen functional groups attached to an aromatic ring is 1. The van der Waals surface area contributed by atoms with Crippen molar-refractivity contribution in [3.8, 4) is 5.75 Å². The molecular weight excluding hydrogens is 168 g/mol. The van der Waals surface area contributed by atoms with Crippen LogP contribution in [0.2, 0.25) is 0 Å². The van der Waals surface area contributed by atoms with E-state index in [-0.39, 0.29) is 22.9 Å². The topological polar surface area (TPSA) is 75.4 Å². The third-order valence-corrected chi connectivity index (χ3v) is 1.65. The monoisotopic (exact) mass is 180 g/mol. The maximum absolute atomic E-state index is 11.3. The molecule has 0 bridgehead atoms. The first kappa shape index (κ1) is 9.38. The van der Waals surface area contributed by atoms with E-state index < -0.39 is 0 Å². The van der Waals surface area contributed by atoms with E-state index in [1.165, 1.54) is 12.1 Å². The van der Waals surface area contributed by atoms with Gasteiger partial charge in [0.15, 0.2) is 5.75 Å². The lowest BCUT2D eigenvalue weighted by atomic mass is 10.1. The first-order valence-corrected chi connectivity index (χ1v) is 4.02. The second-order valence-electron chi connectivity index (χ2n) is 2.60. The van der Waals surface area contributed by atoms with Gasteiger partial charge in [0.25, 0.3) is 5.91 Å². The van der Waals surface area contributed by atoms with Crippen LogP contribution in [0.25, 0.3) is 0 Å². The van der Waals surface area contributed by atoms with Crippen LogP contribution in [0, 0.1) is 0 Å². The van der Waals surface area contributed by atoms with Crippen molar-refractivity contribution in [2.75, 3.05) is 12.3 Å². The highest BCUT2D eigenvalue weighted by Crippen LogP contribution is 2.23. The number of nitrogens with one attached hydrogen (secondary N) is 1. The van der Waals surface area contributed by atoms with E-state index in [0.29, 0.717) is 6.54 Å². The van der Waals surface area contributed by atoms with Crippen molar-refractivity contribution >= 4 is 11.6 Å². The van der Waals surface area contributed by atoms with Crippen molar-refractivity contribution in [2.45, 2.75) is 6.92 Å². The van der Waals surface area contributed by atoms with Crippen molar-refractivity contribution in [1.82, 2.24) is 5.32 Å². The molecule has 0 aliphatic rings. The Balaban J connectivity index is 3.01. The zero-order valence-corrected chi connectivity index (χ0v) is 7.37. The first-order chi connectivity index (χ1) is 6.16. The highest BCUT2D eigenvalue weighted by molar-refractivity contribution is 5.98. The number of para-hydroxylation sites is 1. The van der Waals surface area contributed by atoms with Gasteiger partial charge in [-0.05, 0) is 19.1 Å². The second kappa shape index (κ2) is 3.80. The molecule has 70 valence electrons. The summed E-state index contributed by atoms with van der Waals surface area (Å²) < 4.78 is 0. The summed E-state index contributed by atoms with van der Waals surface area (Å²) in [5.41, 5.74) is 5.85. The Bertz CT molecular complexity index is 323. The van der Waals surface area contributed by atoms with Gasteiger partial charge in [-0.25, -0.2) is 0 Å². The first-order valence-electron chi connectivity index (χ1n) is 4.02. The van der Waals surface area contributed by atoms with Gasteiger partial charge in [-0.2, -0.15) is 0 Å². The molecular formula is C9H12N2O2. The predicted octanol–water partition coefficient (Wildman–Crippen LogP) is 0.724. The molecule has 1 aromatic rings. The normalized spacial score (nSPS) is 9.62. The standard InChI is InChI=1S/C9H12N2O2/c1-2-11-9(13)6-4-3-5-7(10)8(6)12/h3-5,12H,2,10H2,1H3,(H,11,13). The third kappa shape index (κ3) is 1.90. The number of aromatic hydroxyl groups is 1. The minimum absolute atomic E-state index is 0.159. The van der Waals surface area contributed by atoms with E-state index in [2.05, 4.69) is 5.32 Å². The molecule has 1 amide bonds. The fourth-order valence-corrected chi connectivity index (χ4v) is 1.00.